The molecule has 0 aliphatic carbocycles. The predicted octanol–water partition coefficient (Wildman–Crippen LogP) is 1.63. The number of hydrogen-bond acceptors (Lipinski definition) is 2. The molecular weight excluding hydrogens is 174 g/mol. The van der Waals surface area contributed by atoms with Gasteiger partial charge in [-0.05, 0) is 32.4 Å². The molecule has 3 heteroatoms. The lowest BCUT2D eigenvalue weighted by atomic mass is 10.2. The van der Waals surface area contributed by atoms with Crippen molar-refractivity contribution in [1.82, 2.24) is 4.90 Å². The maximum Gasteiger partial charge on any atom is 0.0937 e. The Morgan fingerprint density at radius 3 is 2.93 bits per heavy atom. The lowest BCUT2D eigenvalue weighted by Crippen LogP contribution is -2.32. The van der Waals surface area contributed by atoms with Crippen molar-refractivity contribution in [2.75, 3.05) is 19.6 Å². The van der Waals surface area contributed by atoms with E-state index in [1.54, 1.807) is 0 Å². The number of rotatable bonds is 5. The van der Waals surface area contributed by atoms with Crippen LogP contribution in [0.3, 0.4) is 0 Å². The Morgan fingerprint density at radius 2 is 2.29 bits per heavy atom. The van der Waals surface area contributed by atoms with E-state index in [1.165, 1.54) is 19.4 Å². The molecule has 1 heterocycles. The summed E-state index contributed by atoms with van der Waals surface area (Å²) in [6.07, 6.45) is 4.65. The number of aliphatic imine (C=N–C) groups is 1. The molecule has 2 N–H and O–H groups in total. The zero-order chi connectivity index (χ0) is 10.4. The Balaban J connectivity index is 2.32. The zero-order valence-electron chi connectivity index (χ0n) is 9.50. The van der Waals surface area contributed by atoms with Gasteiger partial charge in [0, 0.05) is 12.5 Å². The maximum absolute atomic E-state index is 5.78. The van der Waals surface area contributed by atoms with Gasteiger partial charge in [0.2, 0.25) is 0 Å². The van der Waals surface area contributed by atoms with Gasteiger partial charge in [0.25, 0.3) is 0 Å². The summed E-state index contributed by atoms with van der Waals surface area (Å²) in [5.74, 6) is 0.829. The molecule has 1 saturated heterocycles. The van der Waals surface area contributed by atoms with Crippen LogP contribution >= 0.6 is 0 Å². The monoisotopic (exact) mass is 197 g/mol. The number of nitrogens with zero attached hydrogens (tertiary/aromatic N) is 2. The summed E-state index contributed by atoms with van der Waals surface area (Å²) >= 11 is 0. The van der Waals surface area contributed by atoms with Gasteiger partial charge in [-0.2, -0.15) is 0 Å². The van der Waals surface area contributed by atoms with E-state index in [2.05, 4.69) is 23.7 Å². The van der Waals surface area contributed by atoms with Crippen LogP contribution in [0.1, 0.15) is 39.5 Å². The molecule has 0 saturated carbocycles. The third kappa shape index (κ3) is 3.29. The van der Waals surface area contributed by atoms with E-state index >= 15 is 0 Å². The molecule has 3 nitrogen and oxygen atoms in total. The molecule has 0 aromatic carbocycles. The summed E-state index contributed by atoms with van der Waals surface area (Å²) in [5, 5.41) is 0. The first kappa shape index (κ1) is 11.5. The molecule has 0 radical (unpaired) electrons. The average molecular weight is 197 g/mol. The minimum Gasteiger partial charge on any atom is -0.387 e. The van der Waals surface area contributed by atoms with Crippen LogP contribution in [-0.4, -0.2) is 36.4 Å². The zero-order valence-corrected chi connectivity index (χ0v) is 9.50. The van der Waals surface area contributed by atoms with Gasteiger partial charge in [0.15, 0.2) is 0 Å². The van der Waals surface area contributed by atoms with Gasteiger partial charge in [0.05, 0.1) is 12.4 Å². The Labute approximate surface area is 87.4 Å². The van der Waals surface area contributed by atoms with Crippen molar-refractivity contribution in [3.8, 4) is 0 Å². The summed E-state index contributed by atoms with van der Waals surface area (Å²) in [6.45, 7) is 7.64. The van der Waals surface area contributed by atoms with E-state index in [0.29, 0.717) is 6.04 Å². The lowest BCUT2D eigenvalue weighted by molar-refractivity contribution is 0.273. The van der Waals surface area contributed by atoms with E-state index in [-0.39, 0.29) is 0 Å². The third-order valence-corrected chi connectivity index (χ3v) is 2.92. The quantitative estimate of drug-likeness (QED) is 0.537. The summed E-state index contributed by atoms with van der Waals surface area (Å²) in [6, 6.07) is 0.649. The Morgan fingerprint density at radius 1 is 1.50 bits per heavy atom. The minimum absolute atomic E-state index is 0.649. The number of amidine groups is 1. The predicted molar refractivity (Wildman–Crippen MR) is 61.7 cm³/mol. The second-order valence-corrected chi connectivity index (χ2v) is 4.01. The summed E-state index contributed by atoms with van der Waals surface area (Å²) in [5.41, 5.74) is 5.78. The molecule has 0 aromatic heterocycles. The smallest absolute Gasteiger partial charge is 0.0937 e. The van der Waals surface area contributed by atoms with E-state index in [4.69, 9.17) is 5.73 Å². The van der Waals surface area contributed by atoms with Gasteiger partial charge in [-0.15, -0.1) is 0 Å². The van der Waals surface area contributed by atoms with Crippen LogP contribution in [0.5, 0.6) is 0 Å². The molecule has 0 amide bonds. The van der Waals surface area contributed by atoms with Gasteiger partial charge >= 0.3 is 0 Å². The summed E-state index contributed by atoms with van der Waals surface area (Å²) in [4.78, 5) is 6.95. The van der Waals surface area contributed by atoms with Gasteiger partial charge in [-0.25, -0.2) is 0 Å². The largest absolute Gasteiger partial charge is 0.387 e. The fraction of sp³-hybridized carbons (Fsp3) is 0.909. The first-order chi connectivity index (χ1) is 6.77. The van der Waals surface area contributed by atoms with Crippen LogP contribution in [0.25, 0.3) is 0 Å². The Hall–Kier alpha value is -0.570. The van der Waals surface area contributed by atoms with Crippen LogP contribution < -0.4 is 5.73 Å². The Kier molecular flexibility index (Phi) is 4.94. The van der Waals surface area contributed by atoms with E-state index in [1.807, 2.05) is 0 Å². The Bertz CT molecular complexity index is 189. The maximum atomic E-state index is 5.78. The molecule has 1 atom stereocenters. The van der Waals surface area contributed by atoms with Crippen molar-refractivity contribution in [3.05, 3.63) is 0 Å². The van der Waals surface area contributed by atoms with E-state index in [9.17, 15) is 0 Å². The normalized spacial score (nSPS) is 24.4. The molecule has 0 aromatic rings. The highest BCUT2D eigenvalue weighted by Gasteiger charge is 2.22. The molecule has 82 valence electrons. The van der Waals surface area contributed by atoms with Crippen molar-refractivity contribution in [2.24, 2.45) is 10.7 Å². The molecule has 1 aliphatic rings. The number of likely N-dealkylation sites (tertiary alicyclic amines) is 1. The average Bonchev–Trinajstić information content (AvgIpc) is 2.62. The third-order valence-electron chi connectivity index (χ3n) is 2.92. The molecule has 0 spiro atoms. The molecular formula is C11H23N3. The standard InChI is InChI=1S/C11H23N3/c1-3-6-11(12)13-9-10-7-5-8-14(10)4-2/h10H,3-9H2,1-2H3,(H2,12,13). The second-order valence-electron chi connectivity index (χ2n) is 4.01. The van der Waals surface area contributed by atoms with E-state index in [0.717, 1.165) is 31.8 Å². The topological polar surface area (TPSA) is 41.6 Å². The fourth-order valence-corrected chi connectivity index (χ4v) is 2.08. The lowest BCUT2D eigenvalue weighted by Gasteiger charge is -2.20. The molecule has 1 fully saturated rings. The summed E-state index contributed by atoms with van der Waals surface area (Å²) < 4.78 is 0. The van der Waals surface area contributed by atoms with Crippen LogP contribution in [-0.2, 0) is 0 Å². The minimum atomic E-state index is 0.649. The van der Waals surface area contributed by atoms with Gasteiger partial charge in [-0.3, -0.25) is 9.89 Å². The highest BCUT2D eigenvalue weighted by molar-refractivity contribution is 5.80. The highest BCUT2D eigenvalue weighted by Crippen LogP contribution is 2.16. The number of likely N-dealkylation sites (N-methyl/N-ethyl adjacent to an activating group) is 1. The molecule has 0 bridgehead atoms. The van der Waals surface area contributed by atoms with Crippen LogP contribution in [0.15, 0.2) is 4.99 Å². The molecule has 1 unspecified atom stereocenters. The van der Waals surface area contributed by atoms with Crippen molar-refractivity contribution in [3.63, 3.8) is 0 Å². The fourth-order valence-electron chi connectivity index (χ4n) is 2.08. The second kappa shape index (κ2) is 6.02. The van der Waals surface area contributed by atoms with Gasteiger partial charge < -0.3 is 5.73 Å². The van der Waals surface area contributed by atoms with Gasteiger partial charge in [-0.1, -0.05) is 13.8 Å². The first-order valence-corrected chi connectivity index (χ1v) is 5.80. The highest BCUT2D eigenvalue weighted by atomic mass is 15.2. The van der Waals surface area contributed by atoms with Crippen molar-refractivity contribution >= 4 is 5.84 Å². The SMILES string of the molecule is CCCC(N)=NCC1CCCN1CC. The van der Waals surface area contributed by atoms with E-state index < -0.39 is 0 Å². The molecule has 1 rings (SSSR count). The van der Waals surface area contributed by atoms with Crippen LogP contribution in [0.4, 0.5) is 0 Å². The first-order valence-electron chi connectivity index (χ1n) is 5.80. The summed E-state index contributed by atoms with van der Waals surface area (Å²) in [7, 11) is 0. The number of nitrogens with two attached hydrogens (primary N) is 1. The van der Waals surface area contributed by atoms with Crippen LogP contribution in [0.2, 0.25) is 0 Å². The van der Waals surface area contributed by atoms with Crippen molar-refractivity contribution in [1.29, 1.82) is 0 Å². The van der Waals surface area contributed by atoms with Crippen molar-refractivity contribution in [2.45, 2.75) is 45.6 Å². The number of hydrogen-bond donors (Lipinski definition) is 1. The molecule has 1 aliphatic heterocycles. The molecule has 14 heavy (non-hydrogen) atoms. The van der Waals surface area contributed by atoms with Gasteiger partial charge in [0.1, 0.15) is 0 Å². The van der Waals surface area contributed by atoms with Crippen molar-refractivity contribution < 1.29 is 0 Å². The van der Waals surface area contributed by atoms with Crippen LogP contribution in [0, 0.1) is 0 Å².